The average Bonchev–Trinajstić information content (AvgIpc) is 3.23. The molecule has 2 rings (SSSR count). The normalized spacial score (nSPS) is 17.3. The van der Waals surface area contributed by atoms with Crippen molar-refractivity contribution < 1.29 is 19.4 Å². The standard InChI is InChI=1S/C15H21NO4/c1-15(14(17)18,16-11-7-8-11)9-10-20-13-6-4-3-5-12(13)19-2/h3-6,11,16H,7-10H2,1-2H3,(H,17,18). The number of ether oxygens (including phenoxy) is 2. The molecule has 1 saturated carbocycles. The average molecular weight is 279 g/mol. The molecular formula is C15H21NO4. The summed E-state index contributed by atoms with van der Waals surface area (Å²) in [7, 11) is 1.58. The van der Waals surface area contributed by atoms with Crippen LogP contribution in [0.4, 0.5) is 0 Å². The molecule has 0 aromatic heterocycles. The zero-order valence-electron chi connectivity index (χ0n) is 11.9. The third-order valence-corrected chi connectivity index (χ3v) is 3.50. The second-order valence-corrected chi connectivity index (χ2v) is 5.31. The second-order valence-electron chi connectivity index (χ2n) is 5.31. The number of benzene rings is 1. The second kappa shape index (κ2) is 6.13. The molecule has 1 aliphatic carbocycles. The smallest absolute Gasteiger partial charge is 0.323 e. The summed E-state index contributed by atoms with van der Waals surface area (Å²) in [5.74, 6) is 0.446. The van der Waals surface area contributed by atoms with Gasteiger partial charge in [-0.15, -0.1) is 0 Å². The minimum Gasteiger partial charge on any atom is -0.493 e. The molecule has 5 nitrogen and oxygen atoms in total. The Morgan fingerprint density at radius 2 is 2.05 bits per heavy atom. The van der Waals surface area contributed by atoms with Gasteiger partial charge in [-0.05, 0) is 31.9 Å². The molecule has 1 aromatic carbocycles. The molecular weight excluding hydrogens is 258 g/mol. The highest BCUT2D eigenvalue weighted by atomic mass is 16.5. The van der Waals surface area contributed by atoms with E-state index in [1.807, 2.05) is 24.3 Å². The van der Waals surface area contributed by atoms with Crippen molar-refractivity contribution in [2.24, 2.45) is 0 Å². The lowest BCUT2D eigenvalue weighted by Gasteiger charge is -2.26. The maximum absolute atomic E-state index is 11.4. The van der Waals surface area contributed by atoms with Crippen LogP contribution in [-0.2, 0) is 4.79 Å². The first kappa shape index (κ1) is 14.7. The van der Waals surface area contributed by atoms with Crippen molar-refractivity contribution in [3.05, 3.63) is 24.3 Å². The number of carbonyl (C=O) groups is 1. The predicted octanol–water partition coefficient (Wildman–Crippen LogP) is 2.06. The van der Waals surface area contributed by atoms with Crippen molar-refractivity contribution >= 4 is 5.97 Å². The van der Waals surface area contributed by atoms with E-state index in [1.165, 1.54) is 0 Å². The third kappa shape index (κ3) is 3.63. The summed E-state index contributed by atoms with van der Waals surface area (Å²) in [4.78, 5) is 11.4. The molecule has 1 unspecified atom stereocenters. The molecule has 0 radical (unpaired) electrons. The first-order valence-electron chi connectivity index (χ1n) is 6.82. The van der Waals surface area contributed by atoms with Crippen LogP contribution in [0, 0.1) is 0 Å². The number of hydrogen-bond acceptors (Lipinski definition) is 4. The first-order chi connectivity index (χ1) is 9.55. The molecule has 0 aliphatic heterocycles. The highest BCUT2D eigenvalue weighted by Gasteiger charge is 2.38. The zero-order chi connectivity index (χ0) is 14.6. The molecule has 1 aromatic rings. The highest BCUT2D eigenvalue weighted by molar-refractivity contribution is 5.78. The molecule has 2 N–H and O–H groups in total. The highest BCUT2D eigenvalue weighted by Crippen LogP contribution is 2.27. The zero-order valence-corrected chi connectivity index (χ0v) is 11.9. The molecule has 110 valence electrons. The Morgan fingerprint density at radius 3 is 2.60 bits per heavy atom. The van der Waals surface area contributed by atoms with E-state index in [0.29, 0.717) is 30.6 Å². The van der Waals surface area contributed by atoms with Crippen LogP contribution >= 0.6 is 0 Å². The summed E-state index contributed by atoms with van der Waals surface area (Å²) in [6.07, 6.45) is 2.50. The van der Waals surface area contributed by atoms with Gasteiger partial charge in [0.05, 0.1) is 13.7 Å². The van der Waals surface area contributed by atoms with Crippen molar-refractivity contribution in [2.45, 2.75) is 37.8 Å². The van der Waals surface area contributed by atoms with Crippen molar-refractivity contribution in [1.29, 1.82) is 0 Å². The summed E-state index contributed by atoms with van der Waals surface area (Å²) in [5.41, 5.74) is -0.941. The topological polar surface area (TPSA) is 67.8 Å². The number of carboxylic acids is 1. The Hall–Kier alpha value is -1.75. The van der Waals surface area contributed by atoms with Crippen LogP contribution in [0.15, 0.2) is 24.3 Å². The monoisotopic (exact) mass is 279 g/mol. The number of nitrogens with one attached hydrogen (secondary N) is 1. The van der Waals surface area contributed by atoms with Crippen LogP contribution < -0.4 is 14.8 Å². The molecule has 20 heavy (non-hydrogen) atoms. The van der Waals surface area contributed by atoms with Gasteiger partial charge in [-0.2, -0.15) is 0 Å². The summed E-state index contributed by atoms with van der Waals surface area (Å²) in [6, 6.07) is 7.68. The summed E-state index contributed by atoms with van der Waals surface area (Å²) in [6.45, 7) is 2.03. The van der Waals surface area contributed by atoms with Gasteiger partial charge in [-0.25, -0.2) is 0 Å². The van der Waals surface area contributed by atoms with E-state index >= 15 is 0 Å². The number of hydrogen-bond donors (Lipinski definition) is 2. The molecule has 0 bridgehead atoms. The van der Waals surface area contributed by atoms with Crippen molar-refractivity contribution in [3.8, 4) is 11.5 Å². The van der Waals surface area contributed by atoms with Gasteiger partial charge in [0.2, 0.25) is 0 Å². The van der Waals surface area contributed by atoms with Gasteiger partial charge in [0, 0.05) is 12.5 Å². The van der Waals surface area contributed by atoms with Gasteiger partial charge in [-0.1, -0.05) is 12.1 Å². The van der Waals surface area contributed by atoms with Crippen LogP contribution in [0.3, 0.4) is 0 Å². The lowest BCUT2D eigenvalue weighted by Crippen LogP contribution is -2.51. The maximum Gasteiger partial charge on any atom is 0.323 e. The number of rotatable bonds is 8. The van der Waals surface area contributed by atoms with Gasteiger partial charge in [-0.3, -0.25) is 10.1 Å². The minimum atomic E-state index is -0.941. The quantitative estimate of drug-likeness (QED) is 0.762. The third-order valence-electron chi connectivity index (χ3n) is 3.50. The molecule has 0 heterocycles. The van der Waals surface area contributed by atoms with E-state index < -0.39 is 11.5 Å². The predicted molar refractivity (Wildman–Crippen MR) is 75.3 cm³/mol. The Balaban J connectivity index is 1.91. The molecule has 1 atom stereocenters. The lowest BCUT2D eigenvalue weighted by atomic mass is 9.98. The van der Waals surface area contributed by atoms with Crippen LogP contribution in [0.25, 0.3) is 0 Å². The van der Waals surface area contributed by atoms with Crippen LogP contribution in [0.5, 0.6) is 11.5 Å². The van der Waals surface area contributed by atoms with E-state index in [0.717, 1.165) is 12.8 Å². The Labute approximate surface area is 118 Å². The number of para-hydroxylation sites is 2. The maximum atomic E-state index is 11.4. The SMILES string of the molecule is COc1ccccc1OCCC(C)(NC1CC1)C(=O)O. The molecule has 0 saturated heterocycles. The fourth-order valence-corrected chi connectivity index (χ4v) is 2.02. The first-order valence-corrected chi connectivity index (χ1v) is 6.82. The van der Waals surface area contributed by atoms with Crippen LogP contribution in [0.1, 0.15) is 26.2 Å². The Kier molecular flexibility index (Phi) is 4.49. The Bertz CT molecular complexity index is 473. The van der Waals surface area contributed by atoms with Gasteiger partial charge in [0.1, 0.15) is 5.54 Å². The molecule has 1 fully saturated rings. The lowest BCUT2D eigenvalue weighted by molar-refractivity contribution is -0.144. The van der Waals surface area contributed by atoms with E-state index in [-0.39, 0.29) is 0 Å². The molecule has 0 amide bonds. The van der Waals surface area contributed by atoms with Crippen molar-refractivity contribution in [1.82, 2.24) is 5.32 Å². The van der Waals surface area contributed by atoms with Crippen molar-refractivity contribution in [3.63, 3.8) is 0 Å². The molecule has 5 heteroatoms. The summed E-state index contributed by atoms with van der Waals surface area (Å²) in [5, 5.41) is 12.5. The fourth-order valence-electron chi connectivity index (χ4n) is 2.02. The van der Waals surface area contributed by atoms with E-state index in [9.17, 15) is 9.90 Å². The molecule has 1 aliphatic rings. The summed E-state index contributed by atoms with van der Waals surface area (Å²) < 4.78 is 10.8. The number of methoxy groups -OCH3 is 1. The van der Waals surface area contributed by atoms with Gasteiger partial charge < -0.3 is 14.6 Å². The Morgan fingerprint density at radius 1 is 1.40 bits per heavy atom. The molecule has 0 spiro atoms. The number of carboxylic acid groups (broad SMARTS) is 1. The largest absolute Gasteiger partial charge is 0.493 e. The van der Waals surface area contributed by atoms with Crippen LogP contribution in [-0.4, -0.2) is 36.4 Å². The van der Waals surface area contributed by atoms with Gasteiger partial charge >= 0.3 is 5.97 Å². The van der Waals surface area contributed by atoms with E-state index in [2.05, 4.69) is 5.32 Å². The minimum absolute atomic E-state index is 0.322. The van der Waals surface area contributed by atoms with Gasteiger partial charge in [0.15, 0.2) is 11.5 Å². The number of aliphatic carboxylic acids is 1. The summed E-state index contributed by atoms with van der Waals surface area (Å²) >= 11 is 0. The fraction of sp³-hybridized carbons (Fsp3) is 0.533. The van der Waals surface area contributed by atoms with E-state index in [1.54, 1.807) is 14.0 Å². The van der Waals surface area contributed by atoms with Crippen LogP contribution in [0.2, 0.25) is 0 Å². The van der Waals surface area contributed by atoms with E-state index in [4.69, 9.17) is 9.47 Å². The van der Waals surface area contributed by atoms with Gasteiger partial charge in [0.25, 0.3) is 0 Å². The van der Waals surface area contributed by atoms with Crippen molar-refractivity contribution in [2.75, 3.05) is 13.7 Å².